The number of rotatable bonds is 4. The maximum Gasteiger partial charge on any atom is 0.251 e. The van der Waals surface area contributed by atoms with Crippen molar-refractivity contribution in [1.29, 1.82) is 0 Å². The van der Waals surface area contributed by atoms with E-state index in [1.54, 1.807) is 18.2 Å². The normalized spacial score (nSPS) is 9.50. The molecule has 0 aliphatic rings. The van der Waals surface area contributed by atoms with Crippen LogP contribution in [-0.4, -0.2) is 24.2 Å². The van der Waals surface area contributed by atoms with Gasteiger partial charge in [0.2, 0.25) is 0 Å². The molecule has 0 radical (unpaired) electrons. The second-order valence-electron chi connectivity index (χ2n) is 2.77. The third kappa shape index (κ3) is 2.44. The highest BCUT2D eigenvalue weighted by molar-refractivity contribution is 5.97. The summed E-state index contributed by atoms with van der Waals surface area (Å²) in [6.45, 7) is 3.84. The Morgan fingerprint density at radius 1 is 1.50 bits per heavy atom. The van der Waals surface area contributed by atoms with Gasteiger partial charge < -0.3 is 10.4 Å². The van der Waals surface area contributed by atoms with Gasteiger partial charge in [-0.1, -0.05) is 30.9 Å². The van der Waals surface area contributed by atoms with Gasteiger partial charge in [0, 0.05) is 12.1 Å². The van der Waals surface area contributed by atoms with Gasteiger partial charge in [0.1, 0.15) is 0 Å². The van der Waals surface area contributed by atoms with E-state index < -0.39 is 0 Å². The molecule has 0 aliphatic heterocycles. The van der Waals surface area contributed by atoms with Crippen molar-refractivity contribution in [3.05, 3.63) is 42.0 Å². The van der Waals surface area contributed by atoms with Crippen molar-refractivity contribution in [2.24, 2.45) is 0 Å². The fourth-order valence-corrected chi connectivity index (χ4v) is 1.15. The Morgan fingerprint density at radius 3 is 2.86 bits per heavy atom. The molecular weight excluding hydrogens is 178 g/mol. The minimum absolute atomic E-state index is 0.0536. The Hall–Kier alpha value is -1.61. The molecule has 1 rings (SSSR count). The van der Waals surface area contributed by atoms with Gasteiger partial charge in [-0.05, 0) is 11.6 Å². The van der Waals surface area contributed by atoms with E-state index in [0.29, 0.717) is 5.56 Å². The molecule has 0 spiro atoms. The van der Waals surface area contributed by atoms with E-state index in [0.717, 1.165) is 5.56 Å². The first-order valence-corrected chi connectivity index (χ1v) is 4.40. The van der Waals surface area contributed by atoms with Crippen LogP contribution in [0.5, 0.6) is 0 Å². The zero-order chi connectivity index (χ0) is 10.4. The molecule has 0 saturated carbocycles. The monoisotopic (exact) mass is 191 g/mol. The van der Waals surface area contributed by atoms with Gasteiger partial charge in [-0.2, -0.15) is 0 Å². The van der Waals surface area contributed by atoms with Crippen molar-refractivity contribution < 1.29 is 9.90 Å². The maximum atomic E-state index is 11.5. The maximum absolute atomic E-state index is 11.5. The summed E-state index contributed by atoms with van der Waals surface area (Å²) >= 11 is 0. The summed E-state index contributed by atoms with van der Waals surface area (Å²) in [4.78, 5) is 11.5. The largest absolute Gasteiger partial charge is 0.395 e. The minimum Gasteiger partial charge on any atom is -0.395 e. The first kappa shape index (κ1) is 10.5. The predicted octanol–water partition coefficient (Wildman–Crippen LogP) is 1.05. The molecule has 0 aliphatic carbocycles. The lowest BCUT2D eigenvalue weighted by Crippen LogP contribution is -2.26. The molecule has 0 bridgehead atoms. The van der Waals surface area contributed by atoms with Crippen molar-refractivity contribution in [1.82, 2.24) is 5.32 Å². The third-order valence-corrected chi connectivity index (χ3v) is 1.82. The molecule has 3 nitrogen and oxygen atoms in total. The van der Waals surface area contributed by atoms with Gasteiger partial charge in [-0.3, -0.25) is 4.79 Å². The average Bonchev–Trinajstić information content (AvgIpc) is 2.25. The summed E-state index contributed by atoms with van der Waals surface area (Å²) in [5, 5.41) is 11.1. The van der Waals surface area contributed by atoms with E-state index in [-0.39, 0.29) is 19.1 Å². The van der Waals surface area contributed by atoms with Crippen LogP contribution in [-0.2, 0) is 0 Å². The van der Waals surface area contributed by atoms with Crippen LogP contribution >= 0.6 is 0 Å². The number of benzene rings is 1. The van der Waals surface area contributed by atoms with Crippen molar-refractivity contribution in [2.45, 2.75) is 0 Å². The second kappa shape index (κ2) is 5.19. The molecule has 0 aromatic heterocycles. The number of hydrogen-bond donors (Lipinski definition) is 2. The average molecular weight is 191 g/mol. The fraction of sp³-hybridized carbons (Fsp3) is 0.182. The van der Waals surface area contributed by atoms with Crippen LogP contribution in [0, 0.1) is 0 Å². The van der Waals surface area contributed by atoms with Gasteiger partial charge in [0.05, 0.1) is 6.61 Å². The minimum atomic E-state index is -0.186. The van der Waals surface area contributed by atoms with Crippen molar-refractivity contribution in [3.8, 4) is 0 Å². The first-order valence-electron chi connectivity index (χ1n) is 4.40. The van der Waals surface area contributed by atoms with E-state index in [2.05, 4.69) is 11.9 Å². The molecule has 0 atom stereocenters. The predicted molar refractivity (Wildman–Crippen MR) is 56.0 cm³/mol. The zero-order valence-corrected chi connectivity index (χ0v) is 7.86. The van der Waals surface area contributed by atoms with Crippen LogP contribution in [0.15, 0.2) is 30.8 Å². The quantitative estimate of drug-likeness (QED) is 0.747. The van der Waals surface area contributed by atoms with Crippen LogP contribution in [0.1, 0.15) is 15.9 Å². The fourth-order valence-electron chi connectivity index (χ4n) is 1.15. The van der Waals surface area contributed by atoms with Crippen molar-refractivity contribution >= 4 is 12.0 Å². The molecule has 74 valence electrons. The molecular formula is C11H13NO2. The molecule has 14 heavy (non-hydrogen) atoms. The molecule has 1 aromatic carbocycles. The van der Waals surface area contributed by atoms with Gasteiger partial charge in [0.25, 0.3) is 5.91 Å². The molecule has 2 N–H and O–H groups in total. The standard InChI is InChI=1S/C11H13NO2/c1-2-9-5-3-4-6-10(9)11(14)12-7-8-13/h2-6,13H,1,7-8H2,(H,12,14). The molecule has 0 heterocycles. The topological polar surface area (TPSA) is 49.3 Å². The number of aliphatic hydroxyl groups excluding tert-OH is 1. The second-order valence-corrected chi connectivity index (χ2v) is 2.77. The van der Waals surface area contributed by atoms with Crippen LogP contribution in [0.2, 0.25) is 0 Å². The summed E-state index contributed by atoms with van der Waals surface area (Å²) in [5.41, 5.74) is 1.37. The highest BCUT2D eigenvalue weighted by Crippen LogP contribution is 2.09. The van der Waals surface area contributed by atoms with Gasteiger partial charge in [0.15, 0.2) is 0 Å². The Bertz CT molecular complexity index is 334. The number of amides is 1. The van der Waals surface area contributed by atoms with Crippen LogP contribution in [0.3, 0.4) is 0 Å². The number of carbonyl (C=O) groups excluding carboxylic acids is 1. The van der Waals surface area contributed by atoms with E-state index in [1.165, 1.54) is 0 Å². The molecule has 1 amide bonds. The molecule has 0 fully saturated rings. The lowest BCUT2D eigenvalue weighted by molar-refractivity contribution is 0.0944. The van der Waals surface area contributed by atoms with E-state index in [9.17, 15) is 4.79 Å². The zero-order valence-electron chi connectivity index (χ0n) is 7.86. The first-order chi connectivity index (χ1) is 6.79. The summed E-state index contributed by atoms with van der Waals surface area (Å²) in [7, 11) is 0. The number of hydrogen-bond acceptors (Lipinski definition) is 2. The van der Waals surface area contributed by atoms with E-state index in [1.807, 2.05) is 12.1 Å². The lowest BCUT2D eigenvalue weighted by atomic mass is 10.1. The summed E-state index contributed by atoms with van der Waals surface area (Å²) in [5.74, 6) is -0.186. The molecule has 0 saturated heterocycles. The summed E-state index contributed by atoms with van der Waals surface area (Å²) in [6, 6.07) is 7.19. The molecule has 1 aromatic rings. The lowest BCUT2D eigenvalue weighted by Gasteiger charge is -2.05. The Kier molecular flexibility index (Phi) is 3.88. The highest BCUT2D eigenvalue weighted by atomic mass is 16.3. The Labute approximate surface area is 83.1 Å². The third-order valence-electron chi connectivity index (χ3n) is 1.82. The van der Waals surface area contributed by atoms with Crippen LogP contribution in [0.4, 0.5) is 0 Å². The summed E-state index contributed by atoms with van der Waals surface area (Å²) in [6.07, 6.45) is 1.63. The van der Waals surface area contributed by atoms with Crippen LogP contribution in [0.25, 0.3) is 6.08 Å². The summed E-state index contributed by atoms with van der Waals surface area (Å²) < 4.78 is 0. The molecule has 0 unspecified atom stereocenters. The smallest absolute Gasteiger partial charge is 0.251 e. The Morgan fingerprint density at radius 2 is 2.21 bits per heavy atom. The Balaban J connectivity index is 2.83. The van der Waals surface area contributed by atoms with Gasteiger partial charge in [-0.25, -0.2) is 0 Å². The molecule has 3 heteroatoms. The van der Waals surface area contributed by atoms with Crippen LogP contribution < -0.4 is 5.32 Å². The van der Waals surface area contributed by atoms with E-state index in [4.69, 9.17) is 5.11 Å². The SMILES string of the molecule is C=Cc1ccccc1C(=O)NCCO. The number of nitrogens with one attached hydrogen (secondary N) is 1. The van der Waals surface area contributed by atoms with E-state index >= 15 is 0 Å². The number of carbonyl (C=O) groups is 1. The van der Waals surface area contributed by atoms with Crippen molar-refractivity contribution in [3.63, 3.8) is 0 Å². The highest BCUT2D eigenvalue weighted by Gasteiger charge is 2.06. The van der Waals surface area contributed by atoms with Crippen molar-refractivity contribution in [2.75, 3.05) is 13.2 Å². The number of aliphatic hydroxyl groups is 1. The van der Waals surface area contributed by atoms with Gasteiger partial charge in [-0.15, -0.1) is 0 Å². The van der Waals surface area contributed by atoms with Gasteiger partial charge >= 0.3 is 0 Å².